The Morgan fingerprint density at radius 2 is 2.00 bits per heavy atom. The molecule has 0 amide bonds. The van der Waals surface area contributed by atoms with Gasteiger partial charge < -0.3 is 15.7 Å². The van der Waals surface area contributed by atoms with E-state index < -0.39 is 35.2 Å². The summed E-state index contributed by atoms with van der Waals surface area (Å²) in [6, 6.07) is 2.88. The molecule has 3 heterocycles. The number of carbonyl (C=O) groups excluding carboxylic acids is 1. The summed E-state index contributed by atoms with van der Waals surface area (Å²) in [5.41, 5.74) is 6.92. The molecule has 0 radical (unpaired) electrons. The number of benzene rings is 1. The van der Waals surface area contributed by atoms with Crippen LogP contribution in [-0.2, 0) is 6.42 Å². The van der Waals surface area contributed by atoms with Gasteiger partial charge in [-0.15, -0.1) is 11.3 Å². The number of aliphatic hydroxyl groups is 1. The highest BCUT2D eigenvalue weighted by atomic mass is 32.1. The number of pyridine rings is 1. The highest BCUT2D eigenvalue weighted by molar-refractivity contribution is 7.13. The van der Waals surface area contributed by atoms with Crippen LogP contribution in [0.1, 0.15) is 23.0 Å². The monoisotopic (exact) mass is 462 g/mol. The number of carbonyl (C=O) groups is 1. The van der Waals surface area contributed by atoms with E-state index in [0.717, 1.165) is 23.1 Å². The summed E-state index contributed by atoms with van der Waals surface area (Å²) >= 11 is 0.863. The number of anilines is 1. The fourth-order valence-corrected chi connectivity index (χ4v) is 4.74. The molecular weight excluding hydrogens is 441 g/mol. The van der Waals surface area contributed by atoms with Crippen LogP contribution in [0.3, 0.4) is 0 Å². The molecule has 0 unspecified atom stereocenters. The zero-order chi connectivity index (χ0) is 23.0. The van der Waals surface area contributed by atoms with Crippen LogP contribution in [0.15, 0.2) is 36.0 Å². The molecule has 6 nitrogen and oxygen atoms in total. The Labute approximate surface area is 186 Å². The first-order valence-electron chi connectivity index (χ1n) is 10.00. The third kappa shape index (κ3) is 4.25. The minimum atomic E-state index is -1.34. The van der Waals surface area contributed by atoms with Gasteiger partial charge >= 0.3 is 0 Å². The van der Waals surface area contributed by atoms with E-state index in [1.165, 1.54) is 5.38 Å². The number of thiazole rings is 1. The summed E-state index contributed by atoms with van der Waals surface area (Å²) < 4.78 is 41.7. The molecule has 1 saturated heterocycles. The van der Waals surface area contributed by atoms with Gasteiger partial charge in [-0.05, 0) is 18.2 Å². The number of piperidine rings is 1. The SMILES string of the molecule is C[C@H]1CN(c2ccncc2CC(=O)c2csc(-c3c(F)ccc(F)c3F)n2)C[C@@H](N)[C@@H]1O. The van der Waals surface area contributed by atoms with Crippen molar-refractivity contribution in [2.24, 2.45) is 11.7 Å². The van der Waals surface area contributed by atoms with Crippen LogP contribution < -0.4 is 10.6 Å². The standard InChI is InChI=1S/C22H21F3N4O2S/c1-11-8-29(9-15(26)21(11)31)17-4-5-27-7-12(17)6-18(30)16-10-32-22(28-16)19-13(23)2-3-14(24)20(19)25/h2-5,7,10-11,15,21,31H,6,8-9,26H2,1H3/t11-,15+,21+/m0/s1. The first-order valence-corrected chi connectivity index (χ1v) is 10.9. The van der Waals surface area contributed by atoms with E-state index in [9.17, 15) is 23.1 Å². The van der Waals surface area contributed by atoms with E-state index in [-0.39, 0.29) is 28.8 Å². The third-order valence-electron chi connectivity index (χ3n) is 5.58. The maximum Gasteiger partial charge on any atom is 0.186 e. The second-order valence-corrected chi connectivity index (χ2v) is 8.76. The Balaban J connectivity index is 1.57. The van der Waals surface area contributed by atoms with Crippen LogP contribution in [0, 0.1) is 23.4 Å². The number of nitrogens with two attached hydrogens (primary N) is 1. The number of halogens is 3. The van der Waals surface area contributed by atoms with Crippen molar-refractivity contribution in [3.8, 4) is 10.6 Å². The minimum absolute atomic E-state index is 0.0296. The highest BCUT2D eigenvalue weighted by Gasteiger charge is 2.32. The molecule has 1 fully saturated rings. The van der Waals surface area contributed by atoms with E-state index in [1.807, 2.05) is 11.8 Å². The molecule has 2 aromatic heterocycles. The minimum Gasteiger partial charge on any atom is -0.391 e. The lowest BCUT2D eigenvalue weighted by Crippen LogP contribution is -2.55. The van der Waals surface area contributed by atoms with Crippen molar-refractivity contribution >= 4 is 22.8 Å². The lowest BCUT2D eigenvalue weighted by atomic mass is 9.92. The van der Waals surface area contributed by atoms with E-state index >= 15 is 0 Å². The van der Waals surface area contributed by atoms with Gasteiger partial charge in [0.1, 0.15) is 16.5 Å². The average Bonchev–Trinajstić information content (AvgIpc) is 3.25. The molecule has 3 N–H and O–H groups in total. The lowest BCUT2D eigenvalue weighted by molar-refractivity contribution is 0.0784. The van der Waals surface area contributed by atoms with Gasteiger partial charge in [0.15, 0.2) is 17.4 Å². The van der Waals surface area contributed by atoms with Gasteiger partial charge in [0.2, 0.25) is 0 Å². The van der Waals surface area contributed by atoms with Gasteiger partial charge in [0.05, 0.1) is 11.7 Å². The van der Waals surface area contributed by atoms with Crippen molar-refractivity contribution in [1.29, 1.82) is 0 Å². The molecule has 32 heavy (non-hydrogen) atoms. The van der Waals surface area contributed by atoms with Crippen LogP contribution in [0.4, 0.5) is 18.9 Å². The number of ketones is 1. The van der Waals surface area contributed by atoms with Crippen LogP contribution >= 0.6 is 11.3 Å². The van der Waals surface area contributed by atoms with Crippen molar-refractivity contribution < 1.29 is 23.1 Å². The van der Waals surface area contributed by atoms with E-state index in [0.29, 0.717) is 24.7 Å². The molecule has 3 atom stereocenters. The number of rotatable bonds is 5. The normalized spacial score (nSPS) is 21.1. The first kappa shape index (κ1) is 22.4. The number of hydrogen-bond acceptors (Lipinski definition) is 7. The van der Waals surface area contributed by atoms with Gasteiger partial charge in [-0.3, -0.25) is 9.78 Å². The van der Waals surface area contributed by atoms with E-state index in [4.69, 9.17) is 5.73 Å². The molecule has 1 aliphatic heterocycles. The van der Waals surface area contributed by atoms with Crippen molar-refractivity contribution in [1.82, 2.24) is 9.97 Å². The van der Waals surface area contributed by atoms with Gasteiger partial charge in [0, 0.05) is 60.5 Å². The molecule has 3 aromatic rings. The van der Waals surface area contributed by atoms with E-state index in [1.54, 1.807) is 18.5 Å². The van der Waals surface area contributed by atoms with Crippen LogP contribution in [0.5, 0.6) is 0 Å². The maximum absolute atomic E-state index is 14.1. The van der Waals surface area contributed by atoms with Crippen LogP contribution in [0.25, 0.3) is 10.6 Å². The highest BCUT2D eigenvalue weighted by Crippen LogP contribution is 2.31. The van der Waals surface area contributed by atoms with Gasteiger partial charge in [0.25, 0.3) is 0 Å². The largest absolute Gasteiger partial charge is 0.391 e. The molecule has 0 bridgehead atoms. The predicted octanol–water partition coefficient (Wildman–Crippen LogP) is 3.19. The Morgan fingerprint density at radius 3 is 2.75 bits per heavy atom. The van der Waals surface area contributed by atoms with Gasteiger partial charge in [-0.1, -0.05) is 6.92 Å². The number of aromatic nitrogens is 2. The van der Waals surface area contributed by atoms with Crippen molar-refractivity contribution in [3.05, 3.63) is 64.7 Å². The molecule has 1 aromatic carbocycles. The average molecular weight is 462 g/mol. The molecule has 1 aliphatic rings. The van der Waals surface area contributed by atoms with Crippen LogP contribution in [0.2, 0.25) is 0 Å². The zero-order valence-corrected chi connectivity index (χ0v) is 18.0. The first-order chi connectivity index (χ1) is 15.3. The smallest absolute Gasteiger partial charge is 0.186 e. The predicted molar refractivity (Wildman–Crippen MR) is 115 cm³/mol. The second kappa shape index (κ2) is 8.97. The van der Waals surface area contributed by atoms with Crippen LogP contribution in [-0.4, -0.2) is 46.1 Å². The maximum atomic E-state index is 14.1. The van der Waals surface area contributed by atoms with Crippen molar-refractivity contribution in [2.75, 3.05) is 18.0 Å². The summed E-state index contributed by atoms with van der Waals surface area (Å²) in [4.78, 5) is 23.1. The molecule has 10 heteroatoms. The zero-order valence-electron chi connectivity index (χ0n) is 17.1. The summed E-state index contributed by atoms with van der Waals surface area (Å²) in [5, 5.41) is 11.4. The summed E-state index contributed by atoms with van der Waals surface area (Å²) in [7, 11) is 0. The molecule has 0 saturated carbocycles. The molecule has 0 aliphatic carbocycles. The lowest BCUT2D eigenvalue weighted by Gasteiger charge is -2.40. The Bertz CT molecular complexity index is 1140. The molecule has 168 valence electrons. The molecule has 0 spiro atoms. The fraction of sp³-hybridized carbons (Fsp3) is 0.318. The number of nitrogens with zero attached hydrogens (tertiary/aromatic N) is 3. The summed E-state index contributed by atoms with van der Waals surface area (Å²) in [6.45, 7) is 2.90. The van der Waals surface area contributed by atoms with Gasteiger partial charge in [-0.2, -0.15) is 0 Å². The second-order valence-electron chi connectivity index (χ2n) is 7.90. The van der Waals surface area contributed by atoms with E-state index in [2.05, 4.69) is 9.97 Å². The summed E-state index contributed by atoms with van der Waals surface area (Å²) in [6.07, 6.45) is 2.55. The fourth-order valence-electron chi connectivity index (χ4n) is 3.88. The number of hydrogen-bond donors (Lipinski definition) is 2. The third-order valence-corrected chi connectivity index (χ3v) is 6.44. The Morgan fingerprint density at radius 1 is 1.25 bits per heavy atom. The Kier molecular flexibility index (Phi) is 6.27. The molecule has 4 rings (SSSR count). The topological polar surface area (TPSA) is 92.3 Å². The molecular formula is C22H21F3N4O2S. The van der Waals surface area contributed by atoms with Crippen molar-refractivity contribution in [3.63, 3.8) is 0 Å². The number of aliphatic hydroxyl groups excluding tert-OH is 1. The number of Topliss-reactive ketones (excluding diaryl/α,β-unsaturated/α-hetero) is 1. The quantitative estimate of drug-likeness (QED) is 0.447. The Hall–Kier alpha value is -2.82. The summed E-state index contributed by atoms with van der Waals surface area (Å²) in [5.74, 6) is -3.90. The van der Waals surface area contributed by atoms with Gasteiger partial charge in [-0.25, -0.2) is 18.2 Å². The van der Waals surface area contributed by atoms with Crippen molar-refractivity contribution in [2.45, 2.75) is 25.5 Å².